The third-order valence-corrected chi connectivity index (χ3v) is 4.18. The lowest BCUT2D eigenvalue weighted by atomic mass is 10.1. The summed E-state index contributed by atoms with van der Waals surface area (Å²) in [4.78, 5) is 45.1. The number of amidine groups is 1. The number of nitrogens with zero attached hydrogens (tertiary/aromatic N) is 4. The zero-order valence-electron chi connectivity index (χ0n) is 13.7. The second-order valence-electron chi connectivity index (χ2n) is 5.34. The van der Waals surface area contributed by atoms with E-state index in [1.807, 2.05) is 0 Å². The highest BCUT2D eigenvalue weighted by Crippen LogP contribution is 2.22. The van der Waals surface area contributed by atoms with Crippen molar-refractivity contribution in [1.29, 1.82) is 0 Å². The number of benzene rings is 1. The third-order valence-electron chi connectivity index (χ3n) is 3.45. The molecule has 2 aromatic rings. The zero-order chi connectivity index (χ0) is 19.6. The fraction of sp³-hybridized carbons (Fsp3) is 0.0667. The number of thiazole rings is 1. The van der Waals surface area contributed by atoms with Crippen LogP contribution >= 0.6 is 11.3 Å². The number of imide groups is 1. The van der Waals surface area contributed by atoms with Crippen LogP contribution in [0.15, 0.2) is 39.7 Å². The predicted molar refractivity (Wildman–Crippen MR) is 98.5 cm³/mol. The Bertz CT molecular complexity index is 957. The summed E-state index contributed by atoms with van der Waals surface area (Å²) >= 11 is 1.06. The Kier molecular flexibility index (Phi) is 4.81. The van der Waals surface area contributed by atoms with Gasteiger partial charge < -0.3 is 17.2 Å². The topological polar surface area (TPSA) is 182 Å². The van der Waals surface area contributed by atoms with E-state index in [1.165, 1.54) is 5.38 Å². The van der Waals surface area contributed by atoms with Gasteiger partial charge in [-0.2, -0.15) is 10.1 Å². The Morgan fingerprint density at radius 3 is 2.37 bits per heavy atom. The molecule has 0 fully saturated rings. The molecule has 1 aromatic heterocycles. The van der Waals surface area contributed by atoms with Gasteiger partial charge in [-0.15, -0.1) is 11.3 Å². The largest absolute Gasteiger partial charge is 0.384 e. The number of hydrazone groups is 1. The van der Waals surface area contributed by atoms with E-state index >= 15 is 0 Å². The van der Waals surface area contributed by atoms with Crippen LogP contribution in [0, 0.1) is 0 Å². The minimum absolute atomic E-state index is 0.0391. The lowest BCUT2D eigenvalue weighted by molar-refractivity contribution is 0.0677. The number of amides is 3. The highest BCUT2D eigenvalue weighted by Gasteiger charge is 2.35. The highest BCUT2D eigenvalue weighted by atomic mass is 32.1. The molecular formula is C15H14N8O3S. The van der Waals surface area contributed by atoms with Crippen LogP contribution in [-0.4, -0.2) is 45.9 Å². The minimum Gasteiger partial charge on any atom is -0.384 e. The molecule has 27 heavy (non-hydrogen) atoms. The molecule has 0 saturated heterocycles. The van der Waals surface area contributed by atoms with Gasteiger partial charge in [-0.3, -0.25) is 19.3 Å². The summed E-state index contributed by atoms with van der Waals surface area (Å²) in [6, 6.07) is 6.44. The number of fused-ring (bicyclic) bond motifs is 1. The molecule has 0 unspecified atom stereocenters. The number of aromatic nitrogens is 1. The standard InChI is InChI=1S/C15H14N8O3S/c16-10(5-23-12(25)7-3-1-2-4-8(7)13(23)26)21-22-11(24)9-6-27-15(19-9)20-14(17)18/h1-4,6H,5H2,(H2,16,21)(H,22,24)(H4,17,18,19,20). The van der Waals surface area contributed by atoms with Gasteiger partial charge in [0.15, 0.2) is 5.96 Å². The Hall–Kier alpha value is -3.80. The number of nitrogens with two attached hydrogens (primary N) is 3. The van der Waals surface area contributed by atoms with E-state index in [0.29, 0.717) is 11.1 Å². The lowest BCUT2D eigenvalue weighted by Crippen LogP contribution is -2.39. The summed E-state index contributed by atoms with van der Waals surface area (Å²) in [5.74, 6) is -1.89. The second kappa shape index (κ2) is 7.21. The average molecular weight is 386 g/mol. The Balaban J connectivity index is 1.64. The molecule has 7 N–H and O–H groups in total. The SMILES string of the molecule is NC(N)=Nc1nc(C(=O)N/N=C(\N)CN2C(=O)c3ccccc3C2=O)cs1. The molecule has 138 valence electrons. The third kappa shape index (κ3) is 3.74. The van der Waals surface area contributed by atoms with Crippen LogP contribution in [0.5, 0.6) is 0 Å². The molecule has 0 atom stereocenters. The van der Waals surface area contributed by atoms with E-state index in [1.54, 1.807) is 24.3 Å². The van der Waals surface area contributed by atoms with Crippen LogP contribution in [-0.2, 0) is 0 Å². The van der Waals surface area contributed by atoms with Gasteiger partial charge in [-0.1, -0.05) is 12.1 Å². The highest BCUT2D eigenvalue weighted by molar-refractivity contribution is 7.13. The van der Waals surface area contributed by atoms with E-state index in [2.05, 4.69) is 20.5 Å². The molecule has 0 spiro atoms. The van der Waals surface area contributed by atoms with Gasteiger partial charge in [0.05, 0.1) is 17.7 Å². The van der Waals surface area contributed by atoms with Crippen LogP contribution in [0.25, 0.3) is 0 Å². The summed E-state index contributed by atoms with van der Waals surface area (Å²) in [6.07, 6.45) is 0. The van der Waals surface area contributed by atoms with Crippen LogP contribution in [0.1, 0.15) is 31.2 Å². The fourth-order valence-electron chi connectivity index (χ4n) is 2.29. The molecule has 3 amide bonds. The molecule has 11 nitrogen and oxygen atoms in total. The van der Waals surface area contributed by atoms with Crippen molar-refractivity contribution < 1.29 is 14.4 Å². The van der Waals surface area contributed by atoms with Crippen LogP contribution < -0.4 is 22.6 Å². The molecule has 3 rings (SSSR count). The number of nitrogens with one attached hydrogen (secondary N) is 1. The average Bonchev–Trinajstić information content (AvgIpc) is 3.19. The molecule has 2 heterocycles. The Morgan fingerprint density at radius 1 is 1.15 bits per heavy atom. The molecule has 1 aromatic carbocycles. The maximum atomic E-state index is 12.3. The smallest absolute Gasteiger partial charge is 0.290 e. The minimum atomic E-state index is -0.645. The summed E-state index contributed by atoms with van der Waals surface area (Å²) in [5.41, 5.74) is 19.0. The Labute approximate surface area is 156 Å². The second-order valence-corrected chi connectivity index (χ2v) is 6.17. The van der Waals surface area contributed by atoms with E-state index in [9.17, 15) is 14.4 Å². The summed E-state index contributed by atoms with van der Waals surface area (Å²) in [5, 5.41) is 5.34. The molecule has 0 saturated carbocycles. The Morgan fingerprint density at radius 2 is 1.78 bits per heavy atom. The van der Waals surface area contributed by atoms with Crippen LogP contribution in [0.4, 0.5) is 5.13 Å². The van der Waals surface area contributed by atoms with E-state index < -0.39 is 17.7 Å². The van der Waals surface area contributed by atoms with Crippen molar-refractivity contribution in [2.75, 3.05) is 6.54 Å². The first-order valence-electron chi connectivity index (χ1n) is 7.49. The number of guanidine groups is 1. The molecule has 12 heteroatoms. The maximum Gasteiger partial charge on any atom is 0.290 e. The van der Waals surface area contributed by atoms with Crippen molar-refractivity contribution in [3.05, 3.63) is 46.5 Å². The molecular weight excluding hydrogens is 372 g/mol. The quantitative estimate of drug-likeness (QED) is 0.228. The fourth-order valence-corrected chi connectivity index (χ4v) is 2.98. The van der Waals surface area contributed by atoms with Gasteiger partial charge in [0.2, 0.25) is 5.13 Å². The van der Waals surface area contributed by atoms with Crippen molar-refractivity contribution in [3.63, 3.8) is 0 Å². The predicted octanol–water partition coefficient (Wildman–Crippen LogP) is -0.654. The number of hydrogen-bond donors (Lipinski definition) is 4. The molecule has 1 aliphatic heterocycles. The first-order valence-corrected chi connectivity index (χ1v) is 8.37. The summed E-state index contributed by atoms with van der Waals surface area (Å²) in [6.45, 7) is -0.261. The number of carbonyl (C=O) groups is 3. The summed E-state index contributed by atoms with van der Waals surface area (Å²) in [7, 11) is 0. The normalized spacial score (nSPS) is 13.5. The van der Waals surface area contributed by atoms with Gasteiger partial charge in [0.25, 0.3) is 17.7 Å². The molecule has 0 bridgehead atoms. The van der Waals surface area contributed by atoms with Gasteiger partial charge in [-0.25, -0.2) is 10.4 Å². The van der Waals surface area contributed by atoms with Crippen molar-refractivity contribution in [3.8, 4) is 0 Å². The van der Waals surface area contributed by atoms with Gasteiger partial charge in [0, 0.05) is 5.38 Å². The van der Waals surface area contributed by atoms with E-state index in [0.717, 1.165) is 16.2 Å². The monoisotopic (exact) mass is 386 g/mol. The van der Waals surface area contributed by atoms with Gasteiger partial charge in [-0.05, 0) is 12.1 Å². The summed E-state index contributed by atoms with van der Waals surface area (Å²) < 4.78 is 0. The van der Waals surface area contributed by atoms with Crippen molar-refractivity contribution in [2.24, 2.45) is 27.3 Å². The van der Waals surface area contributed by atoms with Crippen molar-refractivity contribution >= 4 is 46.0 Å². The lowest BCUT2D eigenvalue weighted by Gasteiger charge is -2.12. The first kappa shape index (κ1) is 18.0. The van der Waals surface area contributed by atoms with Crippen molar-refractivity contribution in [2.45, 2.75) is 0 Å². The first-order chi connectivity index (χ1) is 12.9. The molecule has 1 aliphatic rings. The molecule has 0 radical (unpaired) electrons. The number of hydrogen-bond acceptors (Lipinski definition) is 7. The van der Waals surface area contributed by atoms with Crippen LogP contribution in [0.2, 0.25) is 0 Å². The number of carbonyl (C=O) groups excluding carboxylic acids is 3. The zero-order valence-corrected chi connectivity index (χ0v) is 14.6. The maximum absolute atomic E-state index is 12.3. The molecule has 0 aliphatic carbocycles. The van der Waals surface area contributed by atoms with Gasteiger partial charge >= 0.3 is 0 Å². The number of aliphatic imine (C=N–C) groups is 1. The number of rotatable bonds is 5. The van der Waals surface area contributed by atoms with E-state index in [-0.39, 0.29) is 29.2 Å². The van der Waals surface area contributed by atoms with Crippen molar-refractivity contribution in [1.82, 2.24) is 15.3 Å². The van der Waals surface area contributed by atoms with Gasteiger partial charge in [0.1, 0.15) is 11.5 Å². The van der Waals surface area contributed by atoms with E-state index in [4.69, 9.17) is 17.2 Å². The van der Waals surface area contributed by atoms with Crippen LogP contribution in [0.3, 0.4) is 0 Å².